The summed E-state index contributed by atoms with van der Waals surface area (Å²) in [5.41, 5.74) is 0.658. The van der Waals surface area contributed by atoms with Gasteiger partial charge in [-0.15, -0.1) is 0 Å². The standard InChI is InChI=1S/C15H30O/c1-14(2,3)10-11-7-8-12(13(16)9-11)15(4,5)6/h11-13,16H,7-10H2,1-6H3. The molecular weight excluding hydrogens is 196 g/mol. The van der Waals surface area contributed by atoms with Gasteiger partial charge in [-0.2, -0.15) is 0 Å². The van der Waals surface area contributed by atoms with E-state index in [1.54, 1.807) is 0 Å². The molecule has 0 aromatic rings. The Kier molecular flexibility index (Phi) is 4.10. The molecule has 0 spiro atoms. The summed E-state index contributed by atoms with van der Waals surface area (Å²) >= 11 is 0. The summed E-state index contributed by atoms with van der Waals surface area (Å²) in [6, 6.07) is 0. The summed E-state index contributed by atoms with van der Waals surface area (Å²) in [4.78, 5) is 0. The van der Waals surface area contributed by atoms with Gasteiger partial charge in [-0.1, -0.05) is 41.5 Å². The third-order valence-corrected chi connectivity index (χ3v) is 3.94. The highest BCUT2D eigenvalue weighted by atomic mass is 16.3. The molecule has 1 N–H and O–H groups in total. The molecule has 1 heteroatoms. The Morgan fingerprint density at radius 3 is 1.94 bits per heavy atom. The fraction of sp³-hybridized carbons (Fsp3) is 1.00. The molecule has 3 unspecified atom stereocenters. The van der Waals surface area contributed by atoms with E-state index in [0.717, 1.165) is 12.3 Å². The SMILES string of the molecule is CC(C)(C)CC1CCC(C(C)(C)C)C(O)C1. The van der Waals surface area contributed by atoms with E-state index in [9.17, 15) is 5.11 Å². The van der Waals surface area contributed by atoms with Gasteiger partial charge in [0, 0.05) is 0 Å². The molecule has 3 atom stereocenters. The van der Waals surface area contributed by atoms with Crippen molar-refractivity contribution in [2.45, 2.75) is 73.3 Å². The van der Waals surface area contributed by atoms with Crippen molar-refractivity contribution in [2.24, 2.45) is 22.7 Å². The summed E-state index contributed by atoms with van der Waals surface area (Å²) in [5, 5.41) is 10.3. The Morgan fingerprint density at radius 1 is 1.00 bits per heavy atom. The average Bonchev–Trinajstić information content (AvgIpc) is 1.97. The van der Waals surface area contributed by atoms with Crippen LogP contribution < -0.4 is 0 Å². The summed E-state index contributed by atoms with van der Waals surface area (Å²) < 4.78 is 0. The van der Waals surface area contributed by atoms with Crippen molar-refractivity contribution >= 4 is 0 Å². The smallest absolute Gasteiger partial charge is 0.0576 e. The Balaban J connectivity index is 2.52. The number of aliphatic hydroxyl groups excluding tert-OH is 1. The minimum absolute atomic E-state index is 0.0823. The van der Waals surface area contributed by atoms with E-state index < -0.39 is 0 Å². The first kappa shape index (κ1) is 14.0. The van der Waals surface area contributed by atoms with E-state index in [1.807, 2.05) is 0 Å². The largest absolute Gasteiger partial charge is 0.393 e. The Bertz CT molecular complexity index is 219. The van der Waals surface area contributed by atoms with Crippen LogP contribution in [-0.4, -0.2) is 11.2 Å². The van der Waals surface area contributed by atoms with Crippen LogP contribution in [0.15, 0.2) is 0 Å². The van der Waals surface area contributed by atoms with Crippen LogP contribution in [0.4, 0.5) is 0 Å². The maximum atomic E-state index is 10.3. The molecule has 1 aliphatic carbocycles. The fourth-order valence-corrected chi connectivity index (χ4v) is 3.29. The topological polar surface area (TPSA) is 20.2 Å². The second kappa shape index (κ2) is 4.68. The molecule has 1 aliphatic rings. The van der Waals surface area contributed by atoms with Gasteiger partial charge in [-0.25, -0.2) is 0 Å². The third kappa shape index (κ3) is 4.08. The number of rotatable bonds is 1. The highest BCUT2D eigenvalue weighted by Crippen LogP contribution is 2.42. The van der Waals surface area contributed by atoms with Crippen molar-refractivity contribution in [1.82, 2.24) is 0 Å². The molecular formula is C15H30O. The van der Waals surface area contributed by atoms with Gasteiger partial charge < -0.3 is 5.11 Å². The maximum Gasteiger partial charge on any atom is 0.0576 e. The Hall–Kier alpha value is -0.0400. The normalized spacial score (nSPS) is 32.8. The quantitative estimate of drug-likeness (QED) is 0.709. The van der Waals surface area contributed by atoms with Gasteiger partial charge in [0.1, 0.15) is 0 Å². The van der Waals surface area contributed by atoms with Crippen molar-refractivity contribution < 1.29 is 5.11 Å². The van der Waals surface area contributed by atoms with Crippen LogP contribution in [0.1, 0.15) is 67.2 Å². The van der Waals surface area contributed by atoms with E-state index in [4.69, 9.17) is 0 Å². The highest BCUT2D eigenvalue weighted by Gasteiger charge is 2.37. The Labute approximate surface area is 102 Å². The summed E-state index contributed by atoms with van der Waals surface area (Å²) in [6.45, 7) is 13.7. The molecule has 1 nitrogen and oxygen atoms in total. The van der Waals surface area contributed by atoms with Gasteiger partial charge in [0.15, 0.2) is 0 Å². The number of hydrogen-bond acceptors (Lipinski definition) is 1. The Morgan fingerprint density at radius 2 is 1.56 bits per heavy atom. The molecule has 0 radical (unpaired) electrons. The molecule has 1 rings (SSSR count). The molecule has 0 aliphatic heterocycles. The first-order chi connectivity index (χ1) is 7.09. The highest BCUT2D eigenvalue weighted by molar-refractivity contribution is 4.87. The lowest BCUT2D eigenvalue weighted by atomic mass is 9.66. The van der Waals surface area contributed by atoms with Gasteiger partial charge in [0.05, 0.1) is 6.10 Å². The maximum absolute atomic E-state index is 10.3. The van der Waals surface area contributed by atoms with E-state index in [-0.39, 0.29) is 11.5 Å². The van der Waals surface area contributed by atoms with Crippen LogP contribution in [0.2, 0.25) is 0 Å². The predicted octanol–water partition coefficient (Wildman–Crippen LogP) is 4.25. The third-order valence-electron chi connectivity index (χ3n) is 3.94. The van der Waals surface area contributed by atoms with Gasteiger partial charge >= 0.3 is 0 Å². The van der Waals surface area contributed by atoms with E-state index in [0.29, 0.717) is 11.3 Å². The van der Waals surface area contributed by atoms with Crippen LogP contribution in [0.25, 0.3) is 0 Å². The molecule has 0 aromatic heterocycles. The van der Waals surface area contributed by atoms with Gasteiger partial charge in [0.25, 0.3) is 0 Å². The minimum Gasteiger partial charge on any atom is -0.393 e. The van der Waals surface area contributed by atoms with Gasteiger partial charge in [0.2, 0.25) is 0 Å². The zero-order chi connectivity index (χ0) is 12.6. The zero-order valence-electron chi connectivity index (χ0n) is 12.0. The van der Waals surface area contributed by atoms with Crippen molar-refractivity contribution in [1.29, 1.82) is 0 Å². The lowest BCUT2D eigenvalue weighted by Crippen LogP contribution is -2.38. The molecule has 16 heavy (non-hydrogen) atoms. The molecule has 0 amide bonds. The number of hydrogen-bond donors (Lipinski definition) is 1. The second-order valence-corrected chi connectivity index (χ2v) is 7.98. The molecule has 1 saturated carbocycles. The van der Waals surface area contributed by atoms with Crippen LogP contribution in [0.3, 0.4) is 0 Å². The summed E-state index contributed by atoms with van der Waals surface area (Å²) in [6.07, 6.45) is 4.68. The predicted molar refractivity (Wildman–Crippen MR) is 70.4 cm³/mol. The monoisotopic (exact) mass is 226 g/mol. The number of aliphatic hydroxyl groups is 1. The van der Waals surface area contributed by atoms with E-state index in [2.05, 4.69) is 41.5 Å². The lowest BCUT2D eigenvalue weighted by molar-refractivity contribution is -0.0151. The van der Waals surface area contributed by atoms with E-state index in [1.165, 1.54) is 19.3 Å². The van der Waals surface area contributed by atoms with Gasteiger partial charge in [-0.3, -0.25) is 0 Å². The van der Waals surface area contributed by atoms with Crippen molar-refractivity contribution in [2.75, 3.05) is 0 Å². The van der Waals surface area contributed by atoms with Crippen LogP contribution >= 0.6 is 0 Å². The van der Waals surface area contributed by atoms with E-state index >= 15 is 0 Å². The average molecular weight is 226 g/mol. The van der Waals surface area contributed by atoms with Crippen molar-refractivity contribution in [3.63, 3.8) is 0 Å². The molecule has 0 bridgehead atoms. The van der Waals surface area contributed by atoms with Crippen molar-refractivity contribution in [3.8, 4) is 0 Å². The molecule has 0 saturated heterocycles. The molecule has 0 aromatic carbocycles. The molecule has 0 heterocycles. The van der Waals surface area contributed by atoms with Crippen molar-refractivity contribution in [3.05, 3.63) is 0 Å². The minimum atomic E-state index is -0.0823. The molecule has 1 fully saturated rings. The van der Waals surface area contributed by atoms with Crippen LogP contribution in [-0.2, 0) is 0 Å². The zero-order valence-corrected chi connectivity index (χ0v) is 12.0. The van der Waals surface area contributed by atoms with Crippen LogP contribution in [0.5, 0.6) is 0 Å². The first-order valence-electron chi connectivity index (χ1n) is 6.78. The lowest BCUT2D eigenvalue weighted by Gasteiger charge is -2.42. The second-order valence-electron chi connectivity index (χ2n) is 7.98. The first-order valence-corrected chi connectivity index (χ1v) is 6.78. The van der Waals surface area contributed by atoms with Gasteiger partial charge in [-0.05, 0) is 48.3 Å². The van der Waals surface area contributed by atoms with Crippen LogP contribution in [0, 0.1) is 22.7 Å². The summed E-state index contributed by atoms with van der Waals surface area (Å²) in [7, 11) is 0. The fourth-order valence-electron chi connectivity index (χ4n) is 3.29. The summed E-state index contributed by atoms with van der Waals surface area (Å²) in [5.74, 6) is 1.22. The molecule has 96 valence electrons.